The second kappa shape index (κ2) is 5.72. The largest absolute Gasteiger partial charge is 0.344 e. The van der Waals surface area contributed by atoms with Crippen LogP contribution in [0.4, 0.5) is 0 Å². The van der Waals surface area contributed by atoms with Gasteiger partial charge in [0.25, 0.3) is 5.91 Å². The van der Waals surface area contributed by atoms with Gasteiger partial charge in [0.05, 0.1) is 11.6 Å². The van der Waals surface area contributed by atoms with Crippen molar-refractivity contribution in [2.24, 2.45) is 0 Å². The van der Waals surface area contributed by atoms with E-state index in [9.17, 15) is 4.79 Å². The van der Waals surface area contributed by atoms with E-state index >= 15 is 0 Å². The zero-order chi connectivity index (χ0) is 13.0. The summed E-state index contributed by atoms with van der Waals surface area (Å²) in [5.41, 5.74) is 0. The van der Waals surface area contributed by atoms with E-state index < -0.39 is 0 Å². The summed E-state index contributed by atoms with van der Waals surface area (Å²) in [4.78, 5) is 21.0. The zero-order valence-corrected chi connectivity index (χ0v) is 11.2. The minimum atomic E-state index is -0.264. The van der Waals surface area contributed by atoms with Gasteiger partial charge in [0.1, 0.15) is 5.82 Å². The maximum atomic E-state index is 11.8. The monoisotopic (exact) mass is 265 g/mol. The van der Waals surface area contributed by atoms with E-state index in [1.54, 1.807) is 17.5 Å². The third-order valence-corrected chi connectivity index (χ3v) is 3.23. The molecule has 0 bridgehead atoms. The second-order valence-electron chi connectivity index (χ2n) is 3.88. The molecule has 0 aromatic carbocycles. The highest BCUT2D eigenvalue weighted by Crippen LogP contribution is 2.10. The molecule has 96 valence electrons. The van der Waals surface area contributed by atoms with E-state index in [1.165, 1.54) is 0 Å². The van der Waals surface area contributed by atoms with Crippen molar-refractivity contribution in [3.63, 3.8) is 0 Å². The first-order valence-electron chi connectivity index (χ1n) is 5.80. The van der Waals surface area contributed by atoms with Gasteiger partial charge in [0.2, 0.25) is 5.82 Å². The number of rotatable bonds is 5. The van der Waals surface area contributed by atoms with E-state index in [0.717, 1.165) is 28.6 Å². The summed E-state index contributed by atoms with van der Waals surface area (Å²) in [7, 11) is 0. The molecular weight excluding hydrogens is 250 g/mol. The molecular formula is C11H15N5OS. The standard InChI is InChI=1S/C11H15N5OS/c1-3-4-9-14-10(16-15-9)11(17)13-6-8-5-12-7(2)18-8/h5H,3-4,6H2,1-2H3,(H,13,17)(H,14,15,16). The van der Waals surface area contributed by atoms with E-state index in [1.807, 2.05) is 13.8 Å². The van der Waals surface area contributed by atoms with Gasteiger partial charge < -0.3 is 5.32 Å². The lowest BCUT2D eigenvalue weighted by atomic mass is 10.3. The molecule has 0 radical (unpaired) electrons. The smallest absolute Gasteiger partial charge is 0.291 e. The lowest BCUT2D eigenvalue weighted by molar-refractivity contribution is 0.0941. The van der Waals surface area contributed by atoms with Gasteiger partial charge in [-0.25, -0.2) is 9.97 Å². The van der Waals surface area contributed by atoms with Crippen LogP contribution in [0.3, 0.4) is 0 Å². The summed E-state index contributed by atoms with van der Waals surface area (Å²) >= 11 is 1.56. The van der Waals surface area contributed by atoms with Gasteiger partial charge in [0, 0.05) is 17.5 Å². The predicted octanol–water partition coefficient (Wildman–Crippen LogP) is 1.45. The highest BCUT2D eigenvalue weighted by atomic mass is 32.1. The minimum absolute atomic E-state index is 0.194. The Bertz CT molecular complexity index is 533. The summed E-state index contributed by atoms with van der Waals surface area (Å²) in [5.74, 6) is 0.677. The Kier molecular flexibility index (Phi) is 4.03. The van der Waals surface area contributed by atoms with Crippen molar-refractivity contribution >= 4 is 17.2 Å². The number of hydrogen-bond acceptors (Lipinski definition) is 5. The molecule has 0 fully saturated rings. The number of aryl methyl sites for hydroxylation is 2. The van der Waals surface area contributed by atoms with Crippen LogP contribution in [0.15, 0.2) is 6.20 Å². The molecule has 0 atom stereocenters. The summed E-state index contributed by atoms with van der Waals surface area (Å²) in [6.07, 6.45) is 3.53. The molecule has 2 N–H and O–H groups in total. The van der Waals surface area contributed by atoms with Crippen LogP contribution in [0, 0.1) is 6.92 Å². The highest BCUT2D eigenvalue weighted by Gasteiger charge is 2.12. The minimum Gasteiger partial charge on any atom is -0.344 e. The number of thiazole rings is 1. The Morgan fingerprint density at radius 1 is 1.56 bits per heavy atom. The first-order chi connectivity index (χ1) is 8.69. The Labute approximate surface area is 109 Å². The summed E-state index contributed by atoms with van der Waals surface area (Å²) in [6, 6.07) is 0. The van der Waals surface area contributed by atoms with Crippen LogP contribution in [0.25, 0.3) is 0 Å². The fourth-order valence-electron chi connectivity index (χ4n) is 1.48. The predicted molar refractivity (Wildman–Crippen MR) is 68.4 cm³/mol. The molecule has 0 saturated heterocycles. The fraction of sp³-hybridized carbons (Fsp3) is 0.455. The number of hydrogen-bond donors (Lipinski definition) is 2. The highest BCUT2D eigenvalue weighted by molar-refractivity contribution is 7.11. The number of aromatic nitrogens is 4. The van der Waals surface area contributed by atoms with Crippen LogP contribution < -0.4 is 5.32 Å². The quantitative estimate of drug-likeness (QED) is 0.857. The summed E-state index contributed by atoms with van der Waals surface area (Å²) in [6.45, 7) is 4.44. The normalized spacial score (nSPS) is 10.6. The SMILES string of the molecule is CCCc1nc(C(=O)NCc2cnc(C)s2)n[nH]1. The number of amides is 1. The first kappa shape index (κ1) is 12.7. The molecule has 1 amide bonds. The zero-order valence-electron chi connectivity index (χ0n) is 10.4. The molecule has 2 rings (SSSR count). The van der Waals surface area contributed by atoms with Crippen molar-refractivity contribution < 1.29 is 4.79 Å². The Balaban J connectivity index is 1.90. The van der Waals surface area contributed by atoms with Gasteiger partial charge in [0.15, 0.2) is 0 Å². The van der Waals surface area contributed by atoms with Gasteiger partial charge in [-0.2, -0.15) is 0 Å². The van der Waals surface area contributed by atoms with Crippen LogP contribution in [0.5, 0.6) is 0 Å². The van der Waals surface area contributed by atoms with Crippen LogP contribution in [-0.2, 0) is 13.0 Å². The molecule has 0 aliphatic heterocycles. The maximum Gasteiger partial charge on any atom is 0.291 e. The van der Waals surface area contributed by atoms with Gasteiger partial charge in [-0.3, -0.25) is 9.89 Å². The molecule has 0 unspecified atom stereocenters. The molecule has 2 heterocycles. The fourth-order valence-corrected chi connectivity index (χ4v) is 2.21. The Hall–Kier alpha value is -1.76. The maximum absolute atomic E-state index is 11.8. The van der Waals surface area contributed by atoms with E-state index in [4.69, 9.17) is 0 Å². The Morgan fingerprint density at radius 3 is 3.06 bits per heavy atom. The molecule has 7 heteroatoms. The average molecular weight is 265 g/mol. The molecule has 0 saturated carbocycles. The lowest BCUT2D eigenvalue weighted by Gasteiger charge is -1.98. The second-order valence-corrected chi connectivity index (χ2v) is 5.20. The Morgan fingerprint density at radius 2 is 2.39 bits per heavy atom. The van der Waals surface area contributed by atoms with Crippen LogP contribution in [-0.4, -0.2) is 26.1 Å². The number of nitrogens with one attached hydrogen (secondary N) is 2. The van der Waals surface area contributed by atoms with Crippen molar-refractivity contribution in [2.75, 3.05) is 0 Å². The molecule has 0 spiro atoms. The topological polar surface area (TPSA) is 83.6 Å². The van der Waals surface area contributed by atoms with Crippen LogP contribution in [0.1, 0.15) is 39.7 Å². The van der Waals surface area contributed by atoms with Crippen molar-refractivity contribution in [3.8, 4) is 0 Å². The van der Waals surface area contributed by atoms with Crippen molar-refractivity contribution in [3.05, 3.63) is 27.7 Å². The third-order valence-electron chi connectivity index (χ3n) is 2.31. The molecule has 0 aliphatic carbocycles. The van der Waals surface area contributed by atoms with E-state index in [0.29, 0.717) is 6.54 Å². The number of nitrogens with zero attached hydrogens (tertiary/aromatic N) is 3. The molecule has 0 aliphatic rings. The van der Waals surface area contributed by atoms with Gasteiger partial charge in [-0.15, -0.1) is 16.4 Å². The lowest BCUT2D eigenvalue weighted by Crippen LogP contribution is -2.23. The van der Waals surface area contributed by atoms with Gasteiger partial charge >= 0.3 is 0 Å². The summed E-state index contributed by atoms with van der Waals surface area (Å²) in [5, 5.41) is 10.4. The van der Waals surface area contributed by atoms with Crippen LogP contribution >= 0.6 is 11.3 Å². The average Bonchev–Trinajstić information content (AvgIpc) is 2.96. The van der Waals surface area contributed by atoms with E-state index in [2.05, 4.69) is 25.5 Å². The van der Waals surface area contributed by atoms with Gasteiger partial charge in [-0.1, -0.05) is 6.92 Å². The summed E-state index contributed by atoms with van der Waals surface area (Å²) < 4.78 is 0. The molecule has 6 nitrogen and oxygen atoms in total. The van der Waals surface area contributed by atoms with Crippen molar-refractivity contribution in [2.45, 2.75) is 33.2 Å². The third kappa shape index (κ3) is 3.13. The number of aromatic amines is 1. The number of H-pyrrole nitrogens is 1. The number of carbonyl (C=O) groups excluding carboxylic acids is 1. The van der Waals surface area contributed by atoms with Crippen molar-refractivity contribution in [1.29, 1.82) is 0 Å². The molecule has 18 heavy (non-hydrogen) atoms. The van der Waals surface area contributed by atoms with Crippen LogP contribution in [0.2, 0.25) is 0 Å². The number of carbonyl (C=O) groups is 1. The molecule has 2 aromatic rings. The van der Waals surface area contributed by atoms with E-state index in [-0.39, 0.29) is 11.7 Å². The molecule has 2 aromatic heterocycles. The first-order valence-corrected chi connectivity index (χ1v) is 6.61. The van der Waals surface area contributed by atoms with Gasteiger partial charge in [-0.05, 0) is 13.3 Å². The van der Waals surface area contributed by atoms with Crippen molar-refractivity contribution in [1.82, 2.24) is 25.5 Å².